The van der Waals surface area contributed by atoms with Crippen LogP contribution in [0, 0.1) is 0 Å². The Labute approximate surface area is 173 Å². The number of alkyl carbamates (subject to hydrolysis) is 2. The Morgan fingerprint density at radius 3 is 1.55 bits per heavy atom. The average Bonchev–Trinajstić information content (AvgIpc) is 2.53. The fourth-order valence-corrected chi connectivity index (χ4v) is 1.47. The maximum absolute atomic E-state index is 11.4. The van der Waals surface area contributed by atoms with Crippen LogP contribution in [-0.4, -0.2) is 59.8 Å². The summed E-state index contributed by atoms with van der Waals surface area (Å²) in [6, 6.07) is -0.895. The standard InChI is InChI=1S/C11H19NO4.C9H17NO3/c1-6-9(7-15-8(2)13)12-10(14)16-11(3,4)5;1-5-7(6-11)10-8(12)13-9(2,3)4/h6,9H,1,7H2,2-5H3,(H,12,14);5,7,11H,1,6H2,2-4H3,(H,10,12). The highest BCUT2D eigenvalue weighted by Crippen LogP contribution is 2.07. The van der Waals surface area contributed by atoms with Crippen LogP contribution in [0.5, 0.6) is 0 Å². The zero-order chi connectivity index (χ0) is 23.3. The third kappa shape index (κ3) is 20.0. The predicted octanol–water partition coefficient (Wildman–Crippen LogP) is 2.69. The number of aliphatic hydroxyl groups is 1. The van der Waals surface area contributed by atoms with Crippen LogP contribution in [0.15, 0.2) is 25.3 Å². The molecule has 0 aromatic rings. The summed E-state index contributed by atoms with van der Waals surface area (Å²) in [7, 11) is 0. The molecule has 2 unspecified atom stereocenters. The van der Waals surface area contributed by atoms with Gasteiger partial charge in [0.1, 0.15) is 17.8 Å². The predicted molar refractivity (Wildman–Crippen MR) is 110 cm³/mol. The first-order valence-electron chi connectivity index (χ1n) is 9.11. The Hall–Kier alpha value is -2.55. The van der Waals surface area contributed by atoms with Gasteiger partial charge in [0.05, 0.1) is 18.7 Å². The number of rotatable bonds is 7. The molecule has 0 saturated carbocycles. The molecule has 0 spiro atoms. The van der Waals surface area contributed by atoms with Crippen molar-refractivity contribution in [1.82, 2.24) is 10.6 Å². The van der Waals surface area contributed by atoms with Crippen LogP contribution in [0.2, 0.25) is 0 Å². The van der Waals surface area contributed by atoms with Gasteiger partial charge in [-0.3, -0.25) is 4.79 Å². The quantitative estimate of drug-likeness (QED) is 0.331. The topological polar surface area (TPSA) is 123 Å². The third-order valence-corrected chi connectivity index (χ3v) is 2.64. The number of amides is 2. The third-order valence-electron chi connectivity index (χ3n) is 2.64. The second kappa shape index (κ2) is 13.6. The Morgan fingerprint density at radius 2 is 1.28 bits per heavy atom. The van der Waals surface area contributed by atoms with Gasteiger partial charge in [-0.2, -0.15) is 0 Å². The summed E-state index contributed by atoms with van der Waals surface area (Å²) < 4.78 is 14.7. The molecule has 0 saturated heterocycles. The number of hydrogen-bond acceptors (Lipinski definition) is 7. The first-order chi connectivity index (χ1) is 13.1. The van der Waals surface area contributed by atoms with Crippen LogP contribution < -0.4 is 10.6 Å². The highest BCUT2D eigenvalue weighted by Gasteiger charge is 2.19. The van der Waals surface area contributed by atoms with Crippen molar-refractivity contribution in [2.75, 3.05) is 13.2 Å². The molecule has 29 heavy (non-hydrogen) atoms. The van der Waals surface area contributed by atoms with E-state index in [-0.39, 0.29) is 13.2 Å². The van der Waals surface area contributed by atoms with Gasteiger partial charge in [-0.05, 0) is 41.5 Å². The maximum Gasteiger partial charge on any atom is 0.408 e. The number of ether oxygens (including phenoxy) is 3. The van der Waals surface area contributed by atoms with Crippen LogP contribution in [0.3, 0.4) is 0 Å². The van der Waals surface area contributed by atoms with Crippen molar-refractivity contribution in [1.29, 1.82) is 0 Å². The number of hydrogen-bond donors (Lipinski definition) is 3. The molecule has 0 aromatic carbocycles. The number of nitrogens with one attached hydrogen (secondary N) is 2. The van der Waals surface area contributed by atoms with E-state index in [0.29, 0.717) is 0 Å². The lowest BCUT2D eigenvalue weighted by molar-refractivity contribution is -0.141. The molecule has 0 bridgehead atoms. The molecule has 0 aliphatic heterocycles. The molecule has 0 fully saturated rings. The van der Waals surface area contributed by atoms with Crippen LogP contribution >= 0.6 is 0 Å². The van der Waals surface area contributed by atoms with E-state index in [4.69, 9.17) is 19.3 Å². The molecular formula is C20H36N2O7. The fourth-order valence-electron chi connectivity index (χ4n) is 1.47. The molecule has 2 atom stereocenters. The number of esters is 1. The Morgan fingerprint density at radius 1 is 0.897 bits per heavy atom. The molecular weight excluding hydrogens is 380 g/mol. The smallest absolute Gasteiger partial charge is 0.408 e. The van der Waals surface area contributed by atoms with Crippen molar-refractivity contribution >= 4 is 18.2 Å². The van der Waals surface area contributed by atoms with Crippen LogP contribution in [-0.2, 0) is 19.0 Å². The maximum atomic E-state index is 11.4. The van der Waals surface area contributed by atoms with Gasteiger partial charge in [-0.15, -0.1) is 13.2 Å². The Bertz CT molecular complexity index is 548. The Kier molecular flexibility index (Phi) is 13.4. The number of carbonyl (C=O) groups is 3. The van der Waals surface area contributed by atoms with Gasteiger partial charge in [0.2, 0.25) is 0 Å². The molecule has 9 heteroatoms. The lowest BCUT2D eigenvalue weighted by atomic mass is 10.2. The number of aliphatic hydroxyl groups excluding tert-OH is 1. The molecule has 2 amide bonds. The van der Waals surface area contributed by atoms with Crippen molar-refractivity contribution in [3.8, 4) is 0 Å². The van der Waals surface area contributed by atoms with Gasteiger partial charge < -0.3 is 30.0 Å². The highest BCUT2D eigenvalue weighted by atomic mass is 16.6. The van der Waals surface area contributed by atoms with Crippen LogP contribution in [0.1, 0.15) is 48.5 Å². The number of carbonyl (C=O) groups excluding carboxylic acids is 3. The van der Waals surface area contributed by atoms with E-state index >= 15 is 0 Å². The monoisotopic (exact) mass is 416 g/mol. The fraction of sp³-hybridized carbons (Fsp3) is 0.650. The second-order valence-corrected chi connectivity index (χ2v) is 7.96. The molecule has 0 radical (unpaired) electrons. The van der Waals surface area contributed by atoms with Crippen LogP contribution in [0.25, 0.3) is 0 Å². The van der Waals surface area contributed by atoms with E-state index in [1.165, 1.54) is 19.1 Å². The molecule has 9 nitrogen and oxygen atoms in total. The first-order valence-corrected chi connectivity index (χ1v) is 9.11. The lowest BCUT2D eigenvalue weighted by Crippen LogP contribution is -2.40. The van der Waals surface area contributed by atoms with Crippen molar-refractivity contribution in [2.24, 2.45) is 0 Å². The molecule has 0 heterocycles. The minimum absolute atomic E-state index is 0.0536. The summed E-state index contributed by atoms with van der Waals surface area (Å²) in [6.45, 7) is 18.8. The van der Waals surface area contributed by atoms with Gasteiger partial charge in [0.15, 0.2) is 0 Å². The van der Waals surface area contributed by atoms with E-state index in [1.54, 1.807) is 41.5 Å². The molecule has 3 N–H and O–H groups in total. The van der Waals surface area contributed by atoms with E-state index in [0.717, 1.165) is 0 Å². The summed E-state index contributed by atoms with van der Waals surface area (Å²) in [5, 5.41) is 13.7. The molecule has 0 aliphatic rings. The van der Waals surface area contributed by atoms with E-state index in [9.17, 15) is 14.4 Å². The van der Waals surface area contributed by atoms with Gasteiger partial charge in [-0.1, -0.05) is 12.2 Å². The van der Waals surface area contributed by atoms with Crippen molar-refractivity contribution in [2.45, 2.75) is 71.8 Å². The van der Waals surface area contributed by atoms with Gasteiger partial charge in [0.25, 0.3) is 0 Å². The summed E-state index contributed by atoms with van der Waals surface area (Å²) in [6.07, 6.45) is 1.81. The highest BCUT2D eigenvalue weighted by molar-refractivity contribution is 5.69. The van der Waals surface area contributed by atoms with Gasteiger partial charge in [-0.25, -0.2) is 9.59 Å². The SMILES string of the molecule is C=CC(CO)NC(=O)OC(C)(C)C.C=CC(COC(C)=O)NC(=O)OC(C)(C)C. The summed E-state index contributed by atoms with van der Waals surface area (Å²) in [5.74, 6) is -0.405. The van der Waals surface area contributed by atoms with E-state index in [1.807, 2.05) is 0 Å². The minimum atomic E-state index is -0.565. The lowest BCUT2D eigenvalue weighted by Gasteiger charge is -2.22. The average molecular weight is 417 g/mol. The Balaban J connectivity index is 0. The minimum Gasteiger partial charge on any atom is -0.463 e. The molecule has 168 valence electrons. The second-order valence-electron chi connectivity index (χ2n) is 7.96. The van der Waals surface area contributed by atoms with Gasteiger partial charge >= 0.3 is 18.2 Å². The molecule has 0 rings (SSSR count). The zero-order valence-corrected chi connectivity index (χ0v) is 18.5. The largest absolute Gasteiger partial charge is 0.463 e. The molecule has 0 aliphatic carbocycles. The van der Waals surface area contributed by atoms with E-state index < -0.39 is 41.4 Å². The van der Waals surface area contributed by atoms with Crippen molar-refractivity contribution in [3.63, 3.8) is 0 Å². The molecule has 0 aromatic heterocycles. The van der Waals surface area contributed by atoms with Crippen LogP contribution in [0.4, 0.5) is 9.59 Å². The van der Waals surface area contributed by atoms with E-state index in [2.05, 4.69) is 23.8 Å². The summed E-state index contributed by atoms with van der Waals surface area (Å²) in [4.78, 5) is 33.0. The normalized spacial score (nSPS) is 12.8. The van der Waals surface area contributed by atoms with Crippen molar-refractivity contribution < 1.29 is 33.7 Å². The van der Waals surface area contributed by atoms with Gasteiger partial charge in [0, 0.05) is 6.92 Å². The summed E-state index contributed by atoms with van der Waals surface area (Å²) >= 11 is 0. The summed E-state index contributed by atoms with van der Waals surface area (Å²) in [5.41, 5.74) is -1.08. The zero-order valence-electron chi connectivity index (χ0n) is 18.5. The first kappa shape index (κ1) is 28.7. The van der Waals surface area contributed by atoms with Crippen molar-refractivity contribution in [3.05, 3.63) is 25.3 Å².